The van der Waals surface area contributed by atoms with Crippen LogP contribution in [0.2, 0.25) is 0 Å². The molecule has 0 radical (unpaired) electrons. The summed E-state index contributed by atoms with van der Waals surface area (Å²) in [4.78, 5) is 16.6. The van der Waals surface area contributed by atoms with Gasteiger partial charge in [-0.2, -0.15) is 0 Å². The van der Waals surface area contributed by atoms with Gasteiger partial charge in [0.2, 0.25) is 5.88 Å². The Hall–Kier alpha value is -2.14. The molecule has 2 aromatic rings. The monoisotopic (exact) mass is 302 g/mol. The molecule has 22 heavy (non-hydrogen) atoms. The average molecular weight is 302 g/mol. The standard InChI is InChI=1S/C17H22N2O3/c1-12(2)18-16(20)15-11-13-7-4-5-8-14(13)17(19-15)22-10-6-9-21-3/h4-5,7-8,11-12H,6,9-10H2,1-3H3,(H,18,20). The van der Waals surface area contributed by atoms with Gasteiger partial charge in [0.25, 0.3) is 5.91 Å². The fourth-order valence-electron chi connectivity index (χ4n) is 2.10. The van der Waals surface area contributed by atoms with Crippen molar-refractivity contribution in [2.24, 2.45) is 0 Å². The number of benzene rings is 1. The van der Waals surface area contributed by atoms with Crippen LogP contribution in [0.4, 0.5) is 0 Å². The number of hydrogen-bond acceptors (Lipinski definition) is 4. The maximum atomic E-state index is 12.2. The Morgan fingerprint density at radius 1 is 1.27 bits per heavy atom. The summed E-state index contributed by atoms with van der Waals surface area (Å²) in [5, 5.41) is 4.69. The molecule has 0 atom stereocenters. The molecule has 118 valence electrons. The summed E-state index contributed by atoms with van der Waals surface area (Å²) in [5.74, 6) is 0.297. The molecular weight excluding hydrogens is 280 g/mol. The molecule has 1 amide bonds. The molecule has 1 aromatic heterocycles. The van der Waals surface area contributed by atoms with Crippen LogP contribution in [0.25, 0.3) is 10.8 Å². The van der Waals surface area contributed by atoms with Crippen LogP contribution < -0.4 is 10.1 Å². The lowest BCUT2D eigenvalue weighted by Gasteiger charge is -2.12. The molecule has 5 nitrogen and oxygen atoms in total. The highest BCUT2D eigenvalue weighted by molar-refractivity contribution is 5.98. The minimum atomic E-state index is -0.192. The fourth-order valence-corrected chi connectivity index (χ4v) is 2.10. The molecule has 0 aliphatic rings. The second-order valence-electron chi connectivity index (χ2n) is 5.36. The van der Waals surface area contributed by atoms with Gasteiger partial charge < -0.3 is 14.8 Å². The van der Waals surface area contributed by atoms with Gasteiger partial charge in [-0.1, -0.05) is 18.2 Å². The van der Waals surface area contributed by atoms with Crippen molar-refractivity contribution >= 4 is 16.7 Å². The van der Waals surface area contributed by atoms with Crippen molar-refractivity contribution in [2.75, 3.05) is 20.3 Å². The SMILES string of the molecule is COCCCOc1nc(C(=O)NC(C)C)cc2ccccc12. The number of carbonyl (C=O) groups is 1. The number of fused-ring (bicyclic) bond motifs is 1. The maximum absolute atomic E-state index is 12.2. The van der Waals surface area contributed by atoms with Crippen LogP contribution in [0.5, 0.6) is 5.88 Å². The van der Waals surface area contributed by atoms with Crippen LogP contribution in [0.3, 0.4) is 0 Å². The molecule has 0 spiro atoms. The predicted octanol–water partition coefficient (Wildman–Crippen LogP) is 2.79. The van der Waals surface area contributed by atoms with Gasteiger partial charge in [-0.15, -0.1) is 0 Å². The zero-order valence-corrected chi connectivity index (χ0v) is 13.3. The van der Waals surface area contributed by atoms with Gasteiger partial charge in [0.05, 0.1) is 6.61 Å². The molecule has 2 rings (SSSR count). The third kappa shape index (κ3) is 4.18. The number of rotatable bonds is 7. The van der Waals surface area contributed by atoms with Gasteiger partial charge in [-0.05, 0) is 31.4 Å². The zero-order chi connectivity index (χ0) is 15.9. The molecular formula is C17H22N2O3. The molecule has 1 N–H and O–H groups in total. The minimum absolute atomic E-state index is 0.0619. The molecule has 0 fully saturated rings. The summed E-state index contributed by atoms with van der Waals surface area (Å²) in [5.41, 5.74) is 0.370. The van der Waals surface area contributed by atoms with Crippen LogP contribution in [0.15, 0.2) is 30.3 Å². The second kappa shape index (κ2) is 7.75. The smallest absolute Gasteiger partial charge is 0.270 e. The van der Waals surface area contributed by atoms with Crippen molar-refractivity contribution < 1.29 is 14.3 Å². The van der Waals surface area contributed by atoms with Crippen molar-refractivity contribution in [3.8, 4) is 5.88 Å². The van der Waals surface area contributed by atoms with Gasteiger partial charge >= 0.3 is 0 Å². The van der Waals surface area contributed by atoms with E-state index in [4.69, 9.17) is 9.47 Å². The lowest BCUT2D eigenvalue weighted by molar-refractivity contribution is 0.0937. The number of nitrogens with zero attached hydrogens (tertiary/aromatic N) is 1. The highest BCUT2D eigenvalue weighted by Gasteiger charge is 2.13. The Labute approximate surface area is 130 Å². The highest BCUT2D eigenvalue weighted by Crippen LogP contribution is 2.24. The number of pyridine rings is 1. The van der Waals surface area contributed by atoms with Crippen LogP contribution >= 0.6 is 0 Å². The Morgan fingerprint density at radius 3 is 2.77 bits per heavy atom. The first kappa shape index (κ1) is 16.2. The van der Waals surface area contributed by atoms with Crippen LogP contribution in [-0.2, 0) is 4.74 Å². The molecule has 5 heteroatoms. The number of ether oxygens (including phenoxy) is 2. The molecule has 0 bridgehead atoms. The highest BCUT2D eigenvalue weighted by atomic mass is 16.5. The van der Waals surface area contributed by atoms with Crippen LogP contribution in [0.1, 0.15) is 30.8 Å². The third-order valence-electron chi connectivity index (χ3n) is 3.09. The average Bonchev–Trinajstić information content (AvgIpc) is 2.50. The molecule has 1 aromatic carbocycles. The van der Waals surface area contributed by atoms with Gasteiger partial charge in [0.1, 0.15) is 5.69 Å². The van der Waals surface area contributed by atoms with E-state index in [1.165, 1.54) is 0 Å². The summed E-state index contributed by atoms with van der Waals surface area (Å²) in [6, 6.07) is 9.60. The molecule has 0 aliphatic carbocycles. The van der Waals surface area contributed by atoms with E-state index >= 15 is 0 Å². The fraction of sp³-hybridized carbons (Fsp3) is 0.412. The Kier molecular flexibility index (Phi) is 5.72. The number of methoxy groups -OCH3 is 1. The first-order valence-corrected chi connectivity index (χ1v) is 7.44. The van der Waals surface area contributed by atoms with Crippen LogP contribution in [-0.4, -0.2) is 37.3 Å². The topological polar surface area (TPSA) is 60.5 Å². The summed E-state index contributed by atoms with van der Waals surface area (Å²) >= 11 is 0. The number of amides is 1. The van der Waals surface area contributed by atoms with E-state index in [0.717, 1.165) is 17.2 Å². The van der Waals surface area contributed by atoms with Crippen molar-refractivity contribution in [1.82, 2.24) is 10.3 Å². The van der Waals surface area contributed by atoms with E-state index in [1.807, 2.05) is 38.1 Å². The van der Waals surface area contributed by atoms with Crippen molar-refractivity contribution in [3.63, 3.8) is 0 Å². The first-order valence-electron chi connectivity index (χ1n) is 7.44. The van der Waals surface area contributed by atoms with E-state index in [0.29, 0.717) is 24.8 Å². The van der Waals surface area contributed by atoms with Crippen molar-refractivity contribution in [3.05, 3.63) is 36.0 Å². The lowest BCUT2D eigenvalue weighted by atomic mass is 10.1. The predicted molar refractivity (Wildman–Crippen MR) is 86.3 cm³/mol. The van der Waals surface area contributed by atoms with Crippen molar-refractivity contribution in [2.45, 2.75) is 26.3 Å². The summed E-state index contributed by atoms with van der Waals surface area (Å²) in [6.45, 7) is 4.97. The normalized spacial score (nSPS) is 10.9. The van der Waals surface area contributed by atoms with Gasteiger partial charge in [-0.3, -0.25) is 4.79 Å². The molecule has 1 heterocycles. The van der Waals surface area contributed by atoms with E-state index in [9.17, 15) is 4.79 Å². The summed E-state index contributed by atoms with van der Waals surface area (Å²) in [6.07, 6.45) is 0.773. The summed E-state index contributed by atoms with van der Waals surface area (Å²) < 4.78 is 10.8. The second-order valence-corrected chi connectivity index (χ2v) is 5.36. The third-order valence-corrected chi connectivity index (χ3v) is 3.09. The maximum Gasteiger partial charge on any atom is 0.270 e. The van der Waals surface area contributed by atoms with Crippen LogP contribution in [0, 0.1) is 0 Å². The number of aromatic nitrogens is 1. The van der Waals surface area contributed by atoms with Gasteiger partial charge in [0.15, 0.2) is 0 Å². The minimum Gasteiger partial charge on any atom is -0.477 e. The van der Waals surface area contributed by atoms with Crippen molar-refractivity contribution in [1.29, 1.82) is 0 Å². The first-order chi connectivity index (χ1) is 10.6. The number of nitrogens with one attached hydrogen (secondary N) is 1. The Bertz CT molecular complexity index is 641. The van der Waals surface area contributed by atoms with E-state index < -0.39 is 0 Å². The van der Waals surface area contributed by atoms with E-state index in [1.54, 1.807) is 13.2 Å². The summed E-state index contributed by atoms with van der Waals surface area (Å²) in [7, 11) is 1.66. The molecule has 0 aliphatic heterocycles. The molecule has 0 saturated heterocycles. The number of carbonyl (C=O) groups excluding carboxylic acids is 1. The van der Waals surface area contributed by atoms with Gasteiger partial charge in [0, 0.05) is 31.6 Å². The zero-order valence-electron chi connectivity index (χ0n) is 13.3. The quantitative estimate of drug-likeness (QED) is 0.799. The van der Waals surface area contributed by atoms with E-state index in [-0.39, 0.29) is 11.9 Å². The largest absolute Gasteiger partial charge is 0.477 e. The van der Waals surface area contributed by atoms with Gasteiger partial charge in [-0.25, -0.2) is 4.98 Å². The number of hydrogen-bond donors (Lipinski definition) is 1. The molecule has 0 unspecified atom stereocenters. The Balaban J connectivity index is 2.29. The molecule has 0 saturated carbocycles. The van der Waals surface area contributed by atoms with E-state index in [2.05, 4.69) is 10.3 Å². The lowest BCUT2D eigenvalue weighted by Crippen LogP contribution is -2.30. The Morgan fingerprint density at radius 2 is 2.05 bits per heavy atom.